The van der Waals surface area contributed by atoms with Crippen LogP contribution in [0.25, 0.3) is 33.3 Å². The first-order valence-electron chi connectivity index (χ1n) is 12.3. The number of aromatic nitrogens is 4. The van der Waals surface area contributed by atoms with Crippen molar-refractivity contribution >= 4 is 22.6 Å². The lowest BCUT2D eigenvalue weighted by molar-refractivity contribution is -0.117. The highest BCUT2D eigenvalue weighted by Crippen LogP contribution is 2.32. The monoisotopic (exact) mass is 490 g/mol. The number of rotatable bonds is 7. The second-order valence-electron chi connectivity index (χ2n) is 9.14. The molecule has 0 radical (unpaired) electrons. The summed E-state index contributed by atoms with van der Waals surface area (Å²) in [5.74, 6) is 0.182. The van der Waals surface area contributed by atoms with Crippen LogP contribution in [0.1, 0.15) is 30.3 Å². The predicted octanol–water partition coefficient (Wildman–Crippen LogP) is 4.59. The summed E-state index contributed by atoms with van der Waals surface area (Å²) in [6.07, 6.45) is 9.54. The molecule has 8 heteroatoms. The van der Waals surface area contributed by atoms with Crippen LogP contribution in [-0.4, -0.2) is 37.5 Å². The third-order valence-electron chi connectivity index (χ3n) is 6.73. The van der Waals surface area contributed by atoms with Gasteiger partial charge in [-0.05, 0) is 65.6 Å². The smallest absolute Gasteiger partial charge is 0.227 e. The normalized spacial score (nSPS) is 14.4. The molecular formula is C29H26N6O2. The number of nitrogens with one attached hydrogen (secondary N) is 2. The molecule has 5 aromatic rings. The number of anilines is 1. The van der Waals surface area contributed by atoms with E-state index in [1.54, 1.807) is 18.6 Å². The molecule has 6 rings (SSSR count). The van der Waals surface area contributed by atoms with Gasteiger partial charge >= 0.3 is 0 Å². The molecule has 1 saturated heterocycles. The standard InChI is InChI=1S/C29H26N6O2/c36-27-2-1-13-35(27)23-5-3-20(4-6-23)21-14-22(18-31-17-21)24-9-12-32-28-25(24)15-26(34-28)29(37)33-16-19-7-10-30-11-8-19/h3-12,14-15,17-18,29,33,37H,1-2,13,16H2,(H,32,34). The van der Waals surface area contributed by atoms with Crippen LogP contribution in [0.15, 0.2) is 85.6 Å². The molecule has 1 fully saturated rings. The maximum atomic E-state index is 12.1. The molecule has 1 aliphatic heterocycles. The molecule has 1 unspecified atom stereocenters. The first-order chi connectivity index (χ1) is 18.2. The van der Waals surface area contributed by atoms with Crippen molar-refractivity contribution < 1.29 is 9.90 Å². The molecule has 4 aromatic heterocycles. The van der Waals surface area contributed by atoms with E-state index >= 15 is 0 Å². The van der Waals surface area contributed by atoms with Gasteiger partial charge in [-0.2, -0.15) is 0 Å². The van der Waals surface area contributed by atoms with Gasteiger partial charge < -0.3 is 15.0 Å². The van der Waals surface area contributed by atoms with Gasteiger partial charge in [0.2, 0.25) is 5.91 Å². The van der Waals surface area contributed by atoms with Crippen LogP contribution in [0.4, 0.5) is 5.69 Å². The Balaban J connectivity index is 1.26. The maximum Gasteiger partial charge on any atom is 0.227 e. The van der Waals surface area contributed by atoms with Crippen molar-refractivity contribution in [1.82, 2.24) is 25.3 Å². The Morgan fingerprint density at radius 1 is 0.946 bits per heavy atom. The molecule has 8 nitrogen and oxygen atoms in total. The van der Waals surface area contributed by atoms with E-state index in [2.05, 4.69) is 31.3 Å². The van der Waals surface area contributed by atoms with Gasteiger partial charge in [-0.25, -0.2) is 4.98 Å². The number of aliphatic hydroxyl groups excluding tert-OH is 1. The number of carbonyl (C=O) groups is 1. The van der Waals surface area contributed by atoms with Gasteiger partial charge in [0.15, 0.2) is 0 Å². The number of pyridine rings is 3. The molecule has 1 amide bonds. The Bertz CT molecular complexity index is 1550. The van der Waals surface area contributed by atoms with Crippen LogP contribution < -0.4 is 10.2 Å². The highest BCUT2D eigenvalue weighted by Gasteiger charge is 2.21. The zero-order valence-electron chi connectivity index (χ0n) is 20.1. The molecule has 0 saturated carbocycles. The van der Waals surface area contributed by atoms with Crippen LogP contribution >= 0.6 is 0 Å². The number of carbonyl (C=O) groups excluding carboxylic acids is 1. The van der Waals surface area contributed by atoms with Gasteiger partial charge in [-0.3, -0.25) is 20.1 Å². The molecule has 1 aromatic carbocycles. The van der Waals surface area contributed by atoms with Crippen LogP contribution in [0.2, 0.25) is 0 Å². The Hall–Kier alpha value is -4.40. The number of aromatic amines is 1. The maximum absolute atomic E-state index is 12.1. The van der Waals surface area contributed by atoms with E-state index in [1.807, 2.05) is 65.8 Å². The van der Waals surface area contributed by atoms with Crippen molar-refractivity contribution in [3.8, 4) is 22.3 Å². The average Bonchev–Trinajstić information content (AvgIpc) is 3.59. The van der Waals surface area contributed by atoms with Crippen LogP contribution in [0.3, 0.4) is 0 Å². The summed E-state index contributed by atoms with van der Waals surface area (Å²) in [7, 11) is 0. The van der Waals surface area contributed by atoms with Crippen molar-refractivity contribution in [2.24, 2.45) is 0 Å². The fraction of sp³-hybridized carbons (Fsp3) is 0.172. The van der Waals surface area contributed by atoms with Crippen molar-refractivity contribution in [2.45, 2.75) is 25.6 Å². The van der Waals surface area contributed by atoms with E-state index in [0.29, 0.717) is 24.3 Å². The summed E-state index contributed by atoms with van der Waals surface area (Å²) in [5, 5.41) is 14.8. The van der Waals surface area contributed by atoms with E-state index < -0.39 is 6.23 Å². The van der Waals surface area contributed by atoms with Gasteiger partial charge in [-0.1, -0.05) is 12.1 Å². The largest absolute Gasteiger partial charge is 0.373 e. The summed E-state index contributed by atoms with van der Waals surface area (Å²) < 4.78 is 0. The zero-order valence-corrected chi connectivity index (χ0v) is 20.1. The molecule has 1 aliphatic rings. The lowest BCUT2D eigenvalue weighted by Crippen LogP contribution is -2.23. The lowest BCUT2D eigenvalue weighted by atomic mass is 10.0. The molecule has 0 aliphatic carbocycles. The number of nitrogens with zero attached hydrogens (tertiary/aromatic N) is 4. The zero-order chi connectivity index (χ0) is 25.2. The number of aliphatic hydroxyl groups is 1. The fourth-order valence-electron chi connectivity index (χ4n) is 4.77. The third-order valence-corrected chi connectivity index (χ3v) is 6.73. The molecule has 184 valence electrons. The van der Waals surface area contributed by atoms with Crippen LogP contribution in [0, 0.1) is 0 Å². The molecule has 0 bridgehead atoms. The van der Waals surface area contributed by atoms with E-state index in [9.17, 15) is 9.90 Å². The molecule has 37 heavy (non-hydrogen) atoms. The van der Waals surface area contributed by atoms with Crippen LogP contribution in [-0.2, 0) is 11.3 Å². The van der Waals surface area contributed by atoms with Crippen LogP contribution in [0.5, 0.6) is 0 Å². The molecule has 0 spiro atoms. The fourth-order valence-corrected chi connectivity index (χ4v) is 4.77. The van der Waals surface area contributed by atoms with E-state index in [4.69, 9.17) is 0 Å². The SMILES string of the molecule is O=C1CCCN1c1ccc(-c2cncc(-c3ccnc4[nH]c(C(O)NCc5ccncc5)cc34)c2)cc1. The first kappa shape index (κ1) is 23.0. The average molecular weight is 491 g/mol. The number of hydrogen-bond acceptors (Lipinski definition) is 6. The summed E-state index contributed by atoms with van der Waals surface area (Å²) in [6.45, 7) is 1.29. The van der Waals surface area contributed by atoms with Crippen molar-refractivity contribution in [2.75, 3.05) is 11.4 Å². The topological polar surface area (TPSA) is 107 Å². The Morgan fingerprint density at radius 2 is 1.76 bits per heavy atom. The highest BCUT2D eigenvalue weighted by molar-refractivity contribution is 5.96. The quantitative estimate of drug-likeness (QED) is 0.288. The number of amides is 1. The second kappa shape index (κ2) is 9.93. The molecule has 5 heterocycles. The predicted molar refractivity (Wildman–Crippen MR) is 142 cm³/mol. The minimum Gasteiger partial charge on any atom is -0.373 e. The second-order valence-corrected chi connectivity index (χ2v) is 9.14. The number of H-pyrrole nitrogens is 1. The Labute approximate surface area is 214 Å². The van der Waals surface area contributed by atoms with Crippen molar-refractivity contribution in [3.05, 3.63) is 96.8 Å². The minimum atomic E-state index is -0.874. The van der Waals surface area contributed by atoms with Gasteiger partial charge in [0, 0.05) is 72.7 Å². The summed E-state index contributed by atoms with van der Waals surface area (Å²) in [4.78, 5) is 30.1. The third kappa shape index (κ3) is 4.72. The molecular weight excluding hydrogens is 464 g/mol. The van der Waals surface area contributed by atoms with Crippen molar-refractivity contribution in [3.63, 3.8) is 0 Å². The minimum absolute atomic E-state index is 0.182. The van der Waals surface area contributed by atoms with Gasteiger partial charge in [0.1, 0.15) is 11.9 Å². The molecule has 3 N–H and O–H groups in total. The Morgan fingerprint density at radius 3 is 2.54 bits per heavy atom. The lowest BCUT2D eigenvalue weighted by Gasteiger charge is -2.16. The van der Waals surface area contributed by atoms with E-state index in [1.165, 1.54) is 0 Å². The highest BCUT2D eigenvalue weighted by atomic mass is 16.3. The number of hydrogen-bond donors (Lipinski definition) is 3. The van der Waals surface area contributed by atoms with Gasteiger partial charge in [0.05, 0.1) is 5.69 Å². The summed E-state index contributed by atoms with van der Waals surface area (Å²) in [5.41, 5.74) is 7.24. The first-order valence-corrected chi connectivity index (χ1v) is 12.3. The summed E-state index contributed by atoms with van der Waals surface area (Å²) in [6, 6.07) is 17.8. The number of benzene rings is 1. The van der Waals surface area contributed by atoms with E-state index in [0.717, 1.165) is 51.9 Å². The van der Waals surface area contributed by atoms with Gasteiger partial charge in [-0.15, -0.1) is 0 Å². The summed E-state index contributed by atoms with van der Waals surface area (Å²) >= 11 is 0. The Kier molecular flexibility index (Phi) is 6.18. The molecule has 1 atom stereocenters. The van der Waals surface area contributed by atoms with Gasteiger partial charge in [0.25, 0.3) is 0 Å². The number of fused-ring (bicyclic) bond motifs is 1. The van der Waals surface area contributed by atoms with Crippen molar-refractivity contribution in [1.29, 1.82) is 0 Å². The van der Waals surface area contributed by atoms with E-state index in [-0.39, 0.29) is 5.91 Å².